The van der Waals surface area contributed by atoms with Gasteiger partial charge in [-0.25, -0.2) is 0 Å². The Kier molecular flexibility index (Phi) is 5.83. The van der Waals surface area contributed by atoms with Gasteiger partial charge < -0.3 is 9.84 Å². The van der Waals surface area contributed by atoms with Gasteiger partial charge in [0.1, 0.15) is 5.75 Å². The highest BCUT2D eigenvalue weighted by atomic mass is 35.5. The van der Waals surface area contributed by atoms with Crippen LogP contribution < -0.4 is 4.74 Å². The molecule has 1 N–H and O–H groups in total. The van der Waals surface area contributed by atoms with Gasteiger partial charge in [-0.05, 0) is 42.0 Å². The van der Waals surface area contributed by atoms with Crippen LogP contribution >= 0.6 is 11.6 Å². The van der Waals surface area contributed by atoms with Crippen molar-refractivity contribution in [2.75, 3.05) is 6.61 Å². The van der Waals surface area contributed by atoms with Crippen LogP contribution in [0.5, 0.6) is 5.75 Å². The molecule has 0 amide bonds. The largest absolute Gasteiger partial charge is 0.493 e. The molecule has 0 fully saturated rings. The van der Waals surface area contributed by atoms with Gasteiger partial charge in [-0.3, -0.25) is 0 Å². The van der Waals surface area contributed by atoms with E-state index in [1.165, 1.54) is 18.2 Å². The van der Waals surface area contributed by atoms with E-state index in [0.717, 1.165) is 11.1 Å². The number of hydrogen-bond donors (Lipinski definition) is 1. The maximum atomic E-state index is 14.1. The smallest absolute Gasteiger partial charge is 0.417 e. The van der Waals surface area contributed by atoms with Gasteiger partial charge in [0.05, 0.1) is 18.2 Å². The van der Waals surface area contributed by atoms with Crippen LogP contribution in [0.1, 0.15) is 48.1 Å². The van der Waals surface area contributed by atoms with E-state index in [-0.39, 0.29) is 16.1 Å². The van der Waals surface area contributed by atoms with Crippen molar-refractivity contribution < 1.29 is 23.0 Å². The topological polar surface area (TPSA) is 53.2 Å². The average molecular weight is 438 g/mol. The van der Waals surface area contributed by atoms with Gasteiger partial charge in [0.15, 0.2) is 5.60 Å². The summed E-state index contributed by atoms with van der Waals surface area (Å²) in [5.74, 6) is 0.617. The van der Waals surface area contributed by atoms with Gasteiger partial charge >= 0.3 is 6.18 Å². The number of aryl methyl sites for hydroxylation is 1. The molecule has 1 heterocycles. The van der Waals surface area contributed by atoms with E-state index in [1.807, 2.05) is 25.1 Å². The van der Waals surface area contributed by atoms with E-state index in [4.69, 9.17) is 21.6 Å². The van der Waals surface area contributed by atoms with Crippen molar-refractivity contribution >= 4 is 11.6 Å². The molecule has 0 saturated carbocycles. The first kappa shape index (κ1) is 22.5. The van der Waals surface area contributed by atoms with Crippen LogP contribution in [0.15, 0.2) is 30.3 Å². The lowest BCUT2D eigenvalue weighted by molar-refractivity contribution is -0.266. The lowest BCUT2D eigenvalue weighted by atomic mass is 9.72. The monoisotopic (exact) mass is 437 g/mol. The Morgan fingerprint density at radius 3 is 2.50 bits per heavy atom. The lowest BCUT2D eigenvalue weighted by Gasteiger charge is -2.38. The molecule has 2 aromatic rings. The van der Waals surface area contributed by atoms with Crippen molar-refractivity contribution in [1.82, 2.24) is 0 Å². The molecule has 0 spiro atoms. The molecule has 0 aromatic heterocycles. The van der Waals surface area contributed by atoms with Crippen molar-refractivity contribution in [3.8, 4) is 11.8 Å². The minimum Gasteiger partial charge on any atom is -0.493 e. The van der Waals surface area contributed by atoms with Gasteiger partial charge in [0.2, 0.25) is 0 Å². The quantitative estimate of drug-likeness (QED) is 0.656. The molecule has 0 bridgehead atoms. The Bertz CT molecular complexity index is 1010. The molecular formula is C23H23ClF3NO2. The summed E-state index contributed by atoms with van der Waals surface area (Å²) in [7, 11) is 0. The third-order valence-corrected chi connectivity index (χ3v) is 5.94. The van der Waals surface area contributed by atoms with Crippen molar-refractivity contribution in [3.63, 3.8) is 0 Å². The average Bonchev–Trinajstić information content (AvgIpc) is 3.09. The second kappa shape index (κ2) is 7.79. The fourth-order valence-electron chi connectivity index (χ4n) is 4.13. The molecule has 1 aliphatic rings. The first-order chi connectivity index (χ1) is 13.9. The van der Waals surface area contributed by atoms with Crippen molar-refractivity contribution in [1.29, 1.82) is 5.26 Å². The second-order valence-corrected chi connectivity index (χ2v) is 8.99. The van der Waals surface area contributed by atoms with Gasteiger partial charge in [-0.2, -0.15) is 18.4 Å². The summed E-state index contributed by atoms with van der Waals surface area (Å²) >= 11 is 6.10. The SMILES string of the molecule is Cc1cc2c(c(C(C)(C)CC(O)(Cc3ccc(C#N)cc3Cl)C(F)(F)F)c1)OCC2. The molecule has 1 aliphatic heterocycles. The van der Waals surface area contributed by atoms with Crippen LogP contribution in [-0.4, -0.2) is 23.5 Å². The number of benzene rings is 2. The fraction of sp³-hybridized carbons (Fsp3) is 0.435. The van der Waals surface area contributed by atoms with Crippen LogP contribution in [0.25, 0.3) is 0 Å². The Balaban J connectivity index is 2.00. The molecule has 3 nitrogen and oxygen atoms in total. The lowest BCUT2D eigenvalue weighted by Crippen LogP contribution is -2.51. The number of fused-ring (bicyclic) bond motifs is 1. The van der Waals surface area contributed by atoms with Gasteiger partial charge in [-0.15, -0.1) is 0 Å². The predicted octanol–water partition coefficient (Wildman–Crippen LogP) is 5.66. The Hall–Kier alpha value is -2.23. The summed E-state index contributed by atoms with van der Waals surface area (Å²) in [6.45, 7) is 5.75. The molecule has 160 valence electrons. The minimum absolute atomic E-state index is 0.0225. The molecule has 30 heavy (non-hydrogen) atoms. The highest BCUT2D eigenvalue weighted by molar-refractivity contribution is 6.31. The number of rotatable bonds is 5. The molecule has 7 heteroatoms. The maximum Gasteiger partial charge on any atom is 0.417 e. The first-order valence-electron chi connectivity index (χ1n) is 9.61. The minimum atomic E-state index is -4.88. The zero-order valence-corrected chi connectivity index (χ0v) is 17.8. The number of aliphatic hydroxyl groups is 1. The Labute approximate surface area is 179 Å². The Morgan fingerprint density at radius 1 is 1.20 bits per heavy atom. The second-order valence-electron chi connectivity index (χ2n) is 8.58. The molecule has 1 unspecified atom stereocenters. The normalized spacial score (nSPS) is 15.8. The van der Waals surface area contributed by atoms with Crippen LogP contribution in [0.2, 0.25) is 5.02 Å². The van der Waals surface area contributed by atoms with Crippen molar-refractivity contribution in [2.24, 2.45) is 0 Å². The number of nitrogens with zero attached hydrogens (tertiary/aromatic N) is 1. The molecule has 3 rings (SSSR count). The summed E-state index contributed by atoms with van der Waals surface area (Å²) in [6.07, 6.45) is -5.45. The third-order valence-electron chi connectivity index (χ3n) is 5.58. The summed E-state index contributed by atoms with van der Waals surface area (Å²) in [5.41, 5.74) is -1.09. The first-order valence-corrected chi connectivity index (χ1v) is 9.98. The van der Waals surface area contributed by atoms with E-state index in [9.17, 15) is 18.3 Å². The molecule has 2 aromatic carbocycles. The van der Waals surface area contributed by atoms with Crippen molar-refractivity contribution in [2.45, 2.75) is 57.2 Å². The number of nitriles is 1. The standard InChI is InChI=1S/C23H23ClF3NO2/c1-14-8-16-6-7-30-20(16)18(9-14)21(2,3)13-22(29,23(25,26)27)11-17-5-4-15(12-28)10-19(17)24/h4-5,8-10,29H,6-7,11,13H2,1-3H3. The van der Waals surface area contributed by atoms with E-state index >= 15 is 0 Å². The molecule has 0 aliphatic carbocycles. The number of hydrogen-bond acceptors (Lipinski definition) is 3. The summed E-state index contributed by atoms with van der Waals surface area (Å²) in [5, 5.41) is 19.8. The summed E-state index contributed by atoms with van der Waals surface area (Å²) in [4.78, 5) is 0. The predicted molar refractivity (Wildman–Crippen MR) is 109 cm³/mol. The van der Waals surface area contributed by atoms with Crippen LogP contribution in [0, 0.1) is 18.3 Å². The van der Waals surface area contributed by atoms with Gasteiger partial charge in [0, 0.05) is 23.4 Å². The fourth-order valence-corrected chi connectivity index (χ4v) is 4.38. The summed E-state index contributed by atoms with van der Waals surface area (Å²) < 4.78 is 48.0. The van der Waals surface area contributed by atoms with Crippen LogP contribution in [0.4, 0.5) is 13.2 Å². The number of ether oxygens (including phenoxy) is 1. The molecule has 0 saturated heterocycles. The molecular weight excluding hydrogens is 415 g/mol. The van der Waals surface area contributed by atoms with Gasteiger partial charge in [-0.1, -0.05) is 49.2 Å². The van der Waals surface area contributed by atoms with E-state index in [1.54, 1.807) is 13.8 Å². The van der Waals surface area contributed by atoms with Crippen LogP contribution in [0.3, 0.4) is 0 Å². The van der Waals surface area contributed by atoms with E-state index in [2.05, 4.69) is 0 Å². The van der Waals surface area contributed by atoms with E-state index < -0.39 is 30.0 Å². The highest BCUT2D eigenvalue weighted by Crippen LogP contribution is 2.47. The highest BCUT2D eigenvalue weighted by Gasteiger charge is 2.56. The zero-order chi connectivity index (χ0) is 22.3. The Morgan fingerprint density at radius 2 is 1.90 bits per heavy atom. The van der Waals surface area contributed by atoms with Gasteiger partial charge in [0.25, 0.3) is 0 Å². The summed E-state index contributed by atoms with van der Waals surface area (Å²) in [6, 6.07) is 9.76. The molecule has 0 radical (unpaired) electrons. The van der Waals surface area contributed by atoms with Crippen molar-refractivity contribution in [3.05, 3.63) is 63.2 Å². The number of alkyl halides is 3. The maximum absolute atomic E-state index is 14.1. The molecule has 1 atom stereocenters. The third kappa shape index (κ3) is 4.28. The number of halogens is 4. The zero-order valence-electron chi connectivity index (χ0n) is 17.0. The van der Waals surface area contributed by atoms with E-state index in [0.29, 0.717) is 24.3 Å². The van der Waals surface area contributed by atoms with Crippen LogP contribution in [-0.2, 0) is 18.3 Å².